The van der Waals surface area contributed by atoms with Gasteiger partial charge in [-0.25, -0.2) is 13.2 Å². The lowest BCUT2D eigenvalue weighted by atomic mass is 10.2. The van der Waals surface area contributed by atoms with Crippen molar-refractivity contribution in [1.82, 2.24) is 0 Å². The third-order valence-corrected chi connectivity index (χ3v) is 5.62. The van der Waals surface area contributed by atoms with Crippen LogP contribution in [0.5, 0.6) is 0 Å². The molecule has 3 rings (SSSR count). The van der Waals surface area contributed by atoms with Gasteiger partial charge in [-0.15, -0.1) is 0 Å². The molecule has 0 fully saturated rings. The molecule has 1 heterocycles. The second kappa shape index (κ2) is 8.74. The maximum Gasteiger partial charge on any atom is 0.374 e. The molecular weight excluding hydrogens is 394 g/mol. The molecule has 3 aromatic rings. The van der Waals surface area contributed by atoms with E-state index < -0.39 is 34.1 Å². The van der Waals surface area contributed by atoms with E-state index in [2.05, 4.69) is 5.32 Å². The number of carbonyl (C=O) groups excluding carboxylic acids is 2. The van der Waals surface area contributed by atoms with Crippen LogP contribution in [0.15, 0.2) is 76.0 Å². The molecular formula is C21H19NO6S. The summed E-state index contributed by atoms with van der Waals surface area (Å²) in [5.41, 5.74) is 1.64. The summed E-state index contributed by atoms with van der Waals surface area (Å²) in [6.07, 6.45) is 0. The number of anilines is 1. The molecule has 150 valence electrons. The lowest BCUT2D eigenvalue weighted by molar-refractivity contribution is -0.119. The van der Waals surface area contributed by atoms with Gasteiger partial charge in [-0.2, -0.15) is 0 Å². The van der Waals surface area contributed by atoms with Gasteiger partial charge in [-0.05, 0) is 43.3 Å². The molecule has 0 saturated carbocycles. The molecule has 1 N–H and O–H groups in total. The smallest absolute Gasteiger partial charge is 0.374 e. The van der Waals surface area contributed by atoms with Crippen LogP contribution in [-0.2, 0) is 25.1 Å². The molecule has 0 atom stereocenters. The second-order valence-corrected chi connectivity index (χ2v) is 8.32. The number of hydrogen-bond acceptors (Lipinski definition) is 6. The highest BCUT2D eigenvalue weighted by atomic mass is 32.2. The summed E-state index contributed by atoms with van der Waals surface area (Å²) in [5.74, 6) is -1.82. The SMILES string of the molecule is Cc1ccc(NC(=O)COC(=O)c2ccc(CS(=O)(=O)c3ccccc3)o2)cc1. The highest BCUT2D eigenvalue weighted by molar-refractivity contribution is 7.90. The van der Waals surface area contributed by atoms with Gasteiger partial charge in [-0.3, -0.25) is 4.79 Å². The molecule has 0 radical (unpaired) electrons. The quantitative estimate of drug-likeness (QED) is 0.596. The van der Waals surface area contributed by atoms with E-state index in [9.17, 15) is 18.0 Å². The summed E-state index contributed by atoms with van der Waals surface area (Å²) in [6, 6.07) is 17.8. The molecule has 0 aliphatic heterocycles. The summed E-state index contributed by atoms with van der Waals surface area (Å²) < 4.78 is 34.9. The zero-order valence-electron chi connectivity index (χ0n) is 15.6. The first-order valence-electron chi connectivity index (χ1n) is 8.74. The molecule has 0 bridgehead atoms. The number of aryl methyl sites for hydroxylation is 1. The van der Waals surface area contributed by atoms with Gasteiger partial charge >= 0.3 is 5.97 Å². The molecule has 8 heteroatoms. The highest BCUT2D eigenvalue weighted by Gasteiger charge is 2.20. The van der Waals surface area contributed by atoms with E-state index in [4.69, 9.17) is 9.15 Å². The number of ether oxygens (including phenoxy) is 1. The molecule has 1 amide bonds. The monoisotopic (exact) mass is 413 g/mol. The Bertz CT molecular complexity index is 1100. The van der Waals surface area contributed by atoms with Gasteiger partial charge in [-0.1, -0.05) is 35.9 Å². The molecule has 0 saturated heterocycles. The lowest BCUT2D eigenvalue weighted by Crippen LogP contribution is -2.20. The van der Waals surface area contributed by atoms with Crippen molar-refractivity contribution >= 4 is 27.4 Å². The van der Waals surface area contributed by atoms with Crippen molar-refractivity contribution in [2.75, 3.05) is 11.9 Å². The van der Waals surface area contributed by atoms with Crippen molar-refractivity contribution in [1.29, 1.82) is 0 Å². The first-order valence-corrected chi connectivity index (χ1v) is 10.4. The zero-order valence-corrected chi connectivity index (χ0v) is 16.4. The van der Waals surface area contributed by atoms with E-state index >= 15 is 0 Å². The predicted molar refractivity (Wildman–Crippen MR) is 106 cm³/mol. The van der Waals surface area contributed by atoms with Crippen LogP contribution in [0.4, 0.5) is 5.69 Å². The first-order chi connectivity index (χ1) is 13.8. The average molecular weight is 413 g/mol. The fraction of sp³-hybridized carbons (Fsp3) is 0.143. The number of carbonyl (C=O) groups is 2. The molecule has 0 aliphatic carbocycles. The molecule has 29 heavy (non-hydrogen) atoms. The maximum atomic E-state index is 12.4. The Morgan fingerprint density at radius 2 is 1.66 bits per heavy atom. The number of hydrogen-bond donors (Lipinski definition) is 1. The van der Waals surface area contributed by atoms with E-state index in [0.717, 1.165) is 5.56 Å². The van der Waals surface area contributed by atoms with Gasteiger partial charge in [0.05, 0.1) is 4.90 Å². The zero-order chi connectivity index (χ0) is 20.9. The van der Waals surface area contributed by atoms with E-state index in [-0.39, 0.29) is 16.4 Å². The summed E-state index contributed by atoms with van der Waals surface area (Å²) in [5, 5.41) is 2.60. The van der Waals surface area contributed by atoms with Crippen molar-refractivity contribution in [3.05, 3.63) is 83.8 Å². The third-order valence-electron chi connectivity index (χ3n) is 3.97. The van der Waals surface area contributed by atoms with Gasteiger partial charge in [0.15, 0.2) is 16.4 Å². The fourth-order valence-corrected chi connectivity index (χ4v) is 3.77. The van der Waals surface area contributed by atoms with Crippen LogP contribution in [0.25, 0.3) is 0 Å². The Balaban J connectivity index is 1.55. The largest absolute Gasteiger partial charge is 0.453 e. The van der Waals surface area contributed by atoms with Gasteiger partial charge in [0.1, 0.15) is 11.5 Å². The summed E-state index contributed by atoms with van der Waals surface area (Å²) in [4.78, 5) is 24.1. The number of rotatable bonds is 7. The van der Waals surface area contributed by atoms with Crippen molar-refractivity contribution < 1.29 is 27.2 Å². The van der Waals surface area contributed by atoms with E-state index in [0.29, 0.717) is 5.69 Å². The van der Waals surface area contributed by atoms with Crippen LogP contribution in [-0.4, -0.2) is 26.9 Å². The van der Waals surface area contributed by atoms with Crippen molar-refractivity contribution in [3.8, 4) is 0 Å². The molecule has 0 unspecified atom stereocenters. The Morgan fingerprint density at radius 3 is 2.34 bits per heavy atom. The fourth-order valence-electron chi connectivity index (χ4n) is 2.50. The van der Waals surface area contributed by atoms with Crippen molar-refractivity contribution in [2.24, 2.45) is 0 Å². The van der Waals surface area contributed by atoms with Crippen molar-refractivity contribution in [3.63, 3.8) is 0 Å². The normalized spacial score (nSPS) is 11.1. The summed E-state index contributed by atoms with van der Waals surface area (Å²) in [6.45, 7) is 1.43. The minimum Gasteiger partial charge on any atom is -0.453 e. The minimum atomic E-state index is -3.60. The highest BCUT2D eigenvalue weighted by Crippen LogP contribution is 2.18. The first kappa shape index (κ1) is 20.3. The van der Waals surface area contributed by atoms with Gasteiger partial charge in [0, 0.05) is 5.69 Å². The number of sulfone groups is 1. The van der Waals surface area contributed by atoms with Gasteiger partial charge in [0.2, 0.25) is 5.76 Å². The number of benzene rings is 2. The number of esters is 1. The minimum absolute atomic E-state index is 0.102. The van der Waals surface area contributed by atoms with Crippen LogP contribution in [0.3, 0.4) is 0 Å². The maximum absolute atomic E-state index is 12.4. The number of nitrogens with one attached hydrogen (secondary N) is 1. The van der Waals surface area contributed by atoms with Gasteiger partial charge in [0.25, 0.3) is 5.91 Å². The molecule has 1 aromatic heterocycles. The Morgan fingerprint density at radius 1 is 0.966 bits per heavy atom. The second-order valence-electron chi connectivity index (χ2n) is 6.33. The topological polar surface area (TPSA) is 103 Å². The van der Waals surface area contributed by atoms with Crippen molar-refractivity contribution in [2.45, 2.75) is 17.6 Å². The molecule has 2 aromatic carbocycles. The van der Waals surface area contributed by atoms with Crippen LogP contribution >= 0.6 is 0 Å². The Hall–Kier alpha value is -3.39. The number of furan rings is 1. The lowest BCUT2D eigenvalue weighted by Gasteiger charge is -2.06. The summed E-state index contributed by atoms with van der Waals surface area (Å²) in [7, 11) is -3.60. The van der Waals surface area contributed by atoms with Crippen LogP contribution in [0.1, 0.15) is 21.9 Å². The van der Waals surface area contributed by atoms with Crippen LogP contribution in [0, 0.1) is 6.92 Å². The molecule has 7 nitrogen and oxygen atoms in total. The molecule has 0 spiro atoms. The number of amides is 1. The Labute approximate surface area is 168 Å². The van der Waals surface area contributed by atoms with Crippen LogP contribution < -0.4 is 5.32 Å². The average Bonchev–Trinajstić information content (AvgIpc) is 3.16. The van der Waals surface area contributed by atoms with E-state index in [1.54, 1.807) is 30.3 Å². The van der Waals surface area contributed by atoms with Gasteiger partial charge < -0.3 is 14.5 Å². The summed E-state index contributed by atoms with van der Waals surface area (Å²) >= 11 is 0. The van der Waals surface area contributed by atoms with Crippen LogP contribution in [0.2, 0.25) is 0 Å². The van der Waals surface area contributed by atoms with E-state index in [1.807, 2.05) is 19.1 Å². The molecule has 0 aliphatic rings. The third kappa shape index (κ3) is 5.55. The predicted octanol–water partition coefficient (Wildman–Crippen LogP) is 3.36. The standard InChI is InChI=1S/C21H19NO6S/c1-15-7-9-16(10-8-15)22-20(23)13-27-21(24)19-12-11-17(28-19)14-29(25,26)18-5-3-2-4-6-18/h2-12H,13-14H2,1H3,(H,22,23). The Kier molecular flexibility index (Phi) is 6.13. The van der Waals surface area contributed by atoms with E-state index in [1.165, 1.54) is 24.3 Å².